The molecule has 0 bridgehead atoms. The smallest absolute Gasteiger partial charge is 0.284 e. The van der Waals surface area contributed by atoms with Gasteiger partial charge in [0, 0.05) is 24.3 Å². The summed E-state index contributed by atoms with van der Waals surface area (Å²) in [6.07, 6.45) is 5.05. The summed E-state index contributed by atoms with van der Waals surface area (Å²) < 4.78 is 10.7. The third kappa shape index (κ3) is 4.28. The maximum Gasteiger partial charge on any atom is 0.284 e. The molecule has 3 rings (SSSR count). The van der Waals surface area contributed by atoms with Gasteiger partial charge in [0.1, 0.15) is 11.3 Å². The number of hydrogen-bond donors (Lipinski definition) is 0. The average molecular weight is 381 g/mol. The summed E-state index contributed by atoms with van der Waals surface area (Å²) in [4.78, 5) is 24.2. The predicted molar refractivity (Wildman–Crippen MR) is 106 cm³/mol. The number of nitro groups is 1. The Kier molecular flexibility index (Phi) is 6.21. The Balaban J connectivity index is 2.16. The molecule has 1 fully saturated rings. The topological polar surface area (TPSA) is 78.7 Å². The molecule has 2 aromatic rings. The van der Waals surface area contributed by atoms with E-state index in [1.807, 2.05) is 6.08 Å². The lowest BCUT2D eigenvalue weighted by Crippen LogP contribution is -2.11. The zero-order valence-corrected chi connectivity index (χ0v) is 16.0. The second-order valence-corrected chi connectivity index (χ2v) is 7.03. The van der Waals surface area contributed by atoms with Crippen LogP contribution < -0.4 is 4.74 Å². The van der Waals surface area contributed by atoms with Crippen LogP contribution in [0.3, 0.4) is 0 Å². The van der Waals surface area contributed by atoms with Crippen molar-refractivity contribution < 1.29 is 19.2 Å². The molecule has 0 spiro atoms. The molecule has 2 aromatic carbocycles. The first-order chi connectivity index (χ1) is 13.5. The molecule has 0 N–H and O–H groups in total. The monoisotopic (exact) mass is 381 g/mol. The molecule has 1 atom stereocenters. The largest absolute Gasteiger partial charge is 0.466 e. The summed E-state index contributed by atoms with van der Waals surface area (Å²) in [5.74, 6) is 0.355. The quantitative estimate of drug-likeness (QED) is 0.291. The number of rotatable bonds is 7. The summed E-state index contributed by atoms with van der Waals surface area (Å²) >= 11 is 0. The van der Waals surface area contributed by atoms with Crippen LogP contribution in [-0.4, -0.2) is 24.6 Å². The van der Waals surface area contributed by atoms with E-state index in [4.69, 9.17) is 9.47 Å². The second-order valence-electron chi connectivity index (χ2n) is 7.03. The van der Waals surface area contributed by atoms with Gasteiger partial charge in [0.2, 0.25) is 5.78 Å². The van der Waals surface area contributed by atoms with Gasteiger partial charge in [-0.25, -0.2) is 0 Å². The van der Waals surface area contributed by atoms with E-state index >= 15 is 0 Å². The number of methoxy groups -OCH3 is 1. The van der Waals surface area contributed by atoms with Crippen molar-refractivity contribution in [2.24, 2.45) is 5.92 Å². The minimum atomic E-state index is -0.551. The minimum absolute atomic E-state index is 0.0476. The number of carbonyl (C=O) groups excluding carboxylic acids is 1. The first-order valence-corrected chi connectivity index (χ1v) is 9.23. The van der Waals surface area contributed by atoms with Crippen LogP contribution in [0.5, 0.6) is 5.75 Å². The molecule has 1 unspecified atom stereocenters. The first-order valence-electron chi connectivity index (χ1n) is 9.23. The molecule has 146 valence electrons. The Labute approximate surface area is 163 Å². The van der Waals surface area contributed by atoms with Gasteiger partial charge in [-0.1, -0.05) is 48.9 Å². The van der Waals surface area contributed by atoms with E-state index in [-0.39, 0.29) is 23.8 Å². The Morgan fingerprint density at radius 1 is 1.25 bits per heavy atom. The maximum atomic E-state index is 13.2. The summed E-state index contributed by atoms with van der Waals surface area (Å²) in [6.45, 7) is 2.09. The van der Waals surface area contributed by atoms with E-state index in [1.165, 1.54) is 18.7 Å². The van der Waals surface area contributed by atoms with Gasteiger partial charge < -0.3 is 9.47 Å². The number of ketones is 1. The van der Waals surface area contributed by atoms with Crippen LogP contribution in [0.1, 0.15) is 47.7 Å². The minimum Gasteiger partial charge on any atom is -0.466 e. The SMILES string of the molecule is COCOc1c(/C=C2\CCC(C)C2)ccc([N+](=O)[O-])c1C(=O)c1ccccc1. The van der Waals surface area contributed by atoms with Gasteiger partial charge in [-0.15, -0.1) is 0 Å². The normalized spacial score (nSPS) is 17.6. The summed E-state index contributed by atoms with van der Waals surface area (Å²) in [7, 11) is 1.47. The van der Waals surface area contributed by atoms with Gasteiger partial charge in [-0.3, -0.25) is 14.9 Å². The maximum absolute atomic E-state index is 13.2. The predicted octanol–water partition coefficient (Wildman–Crippen LogP) is 5.01. The van der Waals surface area contributed by atoms with Gasteiger partial charge in [0.05, 0.1) is 4.92 Å². The Morgan fingerprint density at radius 2 is 2.00 bits per heavy atom. The van der Waals surface area contributed by atoms with E-state index in [0.717, 1.165) is 19.3 Å². The number of carbonyl (C=O) groups is 1. The number of hydrogen-bond acceptors (Lipinski definition) is 5. The van der Waals surface area contributed by atoms with Crippen molar-refractivity contribution in [3.63, 3.8) is 0 Å². The highest BCUT2D eigenvalue weighted by molar-refractivity contribution is 6.14. The standard InChI is InChI=1S/C22H23NO5/c1-15-8-9-16(12-15)13-18-10-11-19(23(25)26)20(22(18)28-14-27-2)21(24)17-6-4-3-5-7-17/h3-7,10-11,13,15H,8-9,12,14H2,1-2H3/b16-13+. The van der Waals surface area contributed by atoms with Crippen LogP contribution in [0.25, 0.3) is 6.08 Å². The lowest BCUT2D eigenvalue weighted by atomic mass is 9.96. The molecular weight excluding hydrogens is 358 g/mol. The van der Waals surface area contributed by atoms with Crippen LogP contribution in [0.15, 0.2) is 48.0 Å². The van der Waals surface area contributed by atoms with Gasteiger partial charge in [0.15, 0.2) is 6.79 Å². The van der Waals surface area contributed by atoms with Crippen molar-refractivity contribution in [1.29, 1.82) is 0 Å². The molecule has 6 nitrogen and oxygen atoms in total. The number of nitrogens with zero attached hydrogens (tertiary/aromatic N) is 1. The van der Waals surface area contributed by atoms with E-state index in [2.05, 4.69) is 6.92 Å². The summed E-state index contributed by atoms with van der Waals surface area (Å²) in [5.41, 5.74) is 1.95. The Bertz CT molecular complexity index is 905. The number of nitro benzene ring substituents is 1. The van der Waals surface area contributed by atoms with E-state index in [0.29, 0.717) is 17.0 Å². The zero-order valence-electron chi connectivity index (χ0n) is 16.0. The highest BCUT2D eigenvalue weighted by atomic mass is 16.7. The molecule has 0 radical (unpaired) electrons. The van der Waals surface area contributed by atoms with Crippen LogP contribution in [-0.2, 0) is 4.74 Å². The zero-order chi connectivity index (χ0) is 20.1. The molecule has 0 heterocycles. The molecule has 0 saturated heterocycles. The summed E-state index contributed by atoms with van der Waals surface area (Å²) in [5, 5.41) is 11.6. The Hall–Kier alpha value is -2.99. The van der Waals surface area contributed by atoms with E-state index in [9.17, 15) is 14.9 Å². The molecule has 0 aliphatic heterocycles. The third-order valence-corrected chi connectivity index (χ3v) is 4.88. The molecule has 6 heteroatoms. The molecule has 0 aromatic heterocycles. The van der Waals surface area contributed by atoms with Crippen molar-refractivity contribution in [3.8, 4) is 5.75 Å². The van der Waals surface area contributed by atoms with Crippen molar-refractivity contribution in [2.45, 2.75) is 26.2 Å². The third-order valence-electron chi connectivity index (χ3n) is 4.88. The van der Waals surface area contributed by atoms with Crippen molar-refractivity contribution >= 4 is 17.5 Å². The van der Waals surface area contributed by atoms with Crippen LogP contribution in [0.2, 0.25) is 0 Å². The van der Waals surface area contributed by atoms with Crippen LogP contribution in [0.4, 0.5) is 5.69 Å². The molecule has 1 saturated carbocycles. The average Bonchev–Trinajstić information content (AvgIpc) is 3.11. The van der Waals surface area contributed by atoms with Gasteiger partial charge in [-0.2, -0.15) is 0 Å². The highest BCUT2D eigenvalue weighted by Gasteiger charge is 2.29. The lowest BCUT2D eigenvalue weighted by molar-refractivity contribution is -0.385. The van der Waals surface area contributed by atoms with Gasteiger partial charge in [0.25, 0.3) is 5.69 Å². The fraction of sp³-hybridized carbons (Fsp3) is 0.318. The number of benzene rings is 2. The molecule has 28 heavy (non-hydrogen) atoms. The fourth-order valence-corrected chi connectivity index (χ4v) is 3.52. The second kappa shape index (κ2) is 8.80. The number of allylic oxidation sites excluding steroid dienone is 1. The summed E-state index contributed by atoms with van der Waals surface area (Å²) in [6, 6.07) is 11.5. The van der Waals surface area contributed by atoms with Crippen molar-refractivity contribution in [1.82, 2.24) is 0 Å². The van der Waals surface area contributed by atoms with Gasteiger partial charge >= 0.3 is 0 Å². The van der Waals surface area contributed by atoms with E-state index in [1.54, 1.807) is 36.4 Å². The van der Waals surface area contributed by atoms with Crippen LogP contribution >= 0.6 is 0 Å². The van der Waals surface area contributed by atoms with Crippen molar-refractivity contribution in [3.05, 3.63) is 74.8 Å². The van der Waals surface area contributed by atoms with Crippen LogP contribution in [0, 0.1) is 16.0 Å². The lowest BCUT2D eigenvalue weighted by Gasteiger charge is -2.14. The molecular formula is C22H23NO5. The van der Waals surface area contributed by atoms with E-state index < -0.39 is 10.7 Å². The molecule has 1 aliphatic carbocycles. The first kappa shape index (κ1) is 19.8. The molecule has 0 amide bonds. The highest BCUT2D eigenvalue weighted by Crippen LogP contribution is 2.38. The van der Waals surface area contributed by atoms with Crippen molar-refractivity contribution in [2.75, 3.05) is 13.9 Å². The molecule has 1 aliphatic rings. The Morgan fingerprint density at radius 3 is 2.61 bits per heavy atom. The number of ether oxygens (including phenoxy) is 2. The fourth-order valence-electron chi connectivity index (χ4n) is 3.52. The van der Waals surface area contributed by atoms with Gasteiger partial charge in [-0.05, 0) is 31.2 Å².